The fourth-order valence-electron chi connectivity index (χ4n) is 1.97. The fourth-order valence-corrected chi connectivity index (χ4v) is 1.97. The molecule has 1 rings (SSSR count). The second kappa shape index (κ2) is 7.67. The van der Waals surface area contributed by atoms with Crippen LogP contribution < -0.4 is 10.6 Å². The molecule has 0 spiro atoms. The van der Waals surface area contributed by atoms with E-state index in [2.05, 4.69) is 43.3 Å². The van der Waals surface area contributed by atoms with Gasteiger partial charge in [-0.1, -0.05) is 27.7 Å². The lowest BCUT2D eigenvalue weighted by atomic mass is 10.0. The molecule has 0 radical (unpaired) electrons. The van der Waals surface area contributed by atoms with Gasteiger partial charge in [0, 0.05) is 18.7 Å². The number of rotatable bonds is 8. The molecular weight excluding hydrogens is 256 g/mol. The Labute approximate surface area is 120 Å². The molecule has 1 aromatic heterocycles. The van der Waals surface area contributed by atoms with Crippen molar-refractivity contribution in [3.05, 3.63) is 22.2 Å². The van der Waals surface area contributed by atoms with Crippen LogP contribution in [0.15, 0.2) is 12.1 Å². The van der Waals surface area contributed by atoms with Crippen LogP contribution in [0.2, 0.25) is 0 Å². The van der Waals surface area contributed by atoms with Gasteiger partial charge in [-0.3, -0.25) is 10.1 Å². The summed E-state index contributed by atoms with van der Waals surface area (Å²) in [6.45, 7) is 9.09. The van der Waals surface area contributed by atoms with Gasteiger partial charge in [-0.05, 0) is 24.8 Å². The Morgan fingerprint density at radius 2 is 2.05 bits per heavy atom. The van der Waals surface area contributed by atoms with E-state index in [1.165, 1.54) is 6.07 Å². The molecule has 112 valence electrons. The van der Waals surface area contributed by atoms with E-state index in [1.54, 1.807) is 6.07 Å². The topological polar surface area (TPSA) is 80.1 Å². The predicted molar refractivity (Wildman–Crippen MR) is 82.2 cm³/mol. The largest absolute Gasteiger partial charge is 0.370 e. The van der Waals surface area contributed by atoms with Crippen molar-refractivity contribution in [3.63, 3.8) is 0 Å². The minimum absolute atomic E-state index is 0.0196. The lowest BCUT2D eigenvalue weighted by Crippen LogP contribution is -2.25. The highest BCUT2D eigenvalue weighted by atomic mass is 16.6. The smallest absolute Gasteiger partial charge is 0.311 e. The number of anilines is 2. The summed E-state index contributed by atoms with van der Waals surface area (Å²) >= 11 is 0. The molecule has 6 heteroatoms. The van der Waals surface area contributed by atoms with Crippen LogP contribution in [0.25, 0.3) is 0 Å². The van der Waals surface area contributed by atoms with Gasteiger partial charge < -0.3 is 10.6 Å². The molecule has 1 unspecified atom stereocenters. The van der Waals surface area contributed by atoms with Crippen LogP contribution in [0.3, 0.4) is 0 Å². The average molecular weight is 280 g/mol. The van der Waals surface area contributed by atoms with Crippen molar-refractivity contribution < 1.29 is 4.92 Å². The first kappa shape index (κ1) is 16.2. The molecule has 0 aliphatic heterocycles. The van der Waals surface area contributed by atoms with Crippen LogP contribution in [0.4, 0.5) is 17.3 Å². The minimum atomic E-state index is -0.397. The molecule has 0 fully saturated rings. The normalized spacial score (nSPS) is 12.2. The first-order chi connectivity index (χ1) is 9.49. The van der Waals surface area contributed by atoms with Gasteiger partial charge in [0.1, 0.15) is 5.82 Å². The number of nitrogens with zero attached hydrogens (tertiary/aromatic N) is 2. The van der Waals surface area contributed by atoms with Crippen molar-refractivity contribution in [2.45, 2.75) is 46.6 Å². The van der Waals surface area contributed by atoms with Crippen molar-refractivity contribution in [3.8, 4) is 0 Å². The highest BCUT2D eigenvalue weighted by Gasteiger charge is 2.20. The molecule has 20 heavy (non-hydrogen) atoms. The summed E-state index contributed by atoms with van der Waals surface area (Å²) in [6, 6.07) is 3.32. The zero-order valence-corrected chi connectivity index (χ0v) is 12.6. The van der Waals surface area contributed by atoms with Crippen molar-refractivity contribution in [2.24, 2.45) is 5.92 Å². The van der Waals surface area contributed by atoms with E-state index in [0.717, 1.165) is 19.4 Å². The third-order valence-electron chi connectivity index (χ3n) is 3.19. The maximum absolute atomic E-state index is 11.1. The number of nitro groups is 1. The molecule has 2 N–H and O–H groups in total. The number of hydrogen-bond donors (Lipinski definition) is 2. The van der Waals surface area contributed by atoms with Crippen LogP contribution in [0, 0.1) is 16.0 Å². The monoisotopic (exact) mass is 280 g/mol. The van der Waals surface area contributed by atoms with E-state index < -0.39 is 4.92 Å². The highest BCUT2D eigenvalue weighted by molar-refractivity contribution is 5.60. The first-order valence-corrected chi connectivity index (χ1v) is 7.15. The Morgan fingerprint density at radius 3 is 2.55 bits per heavy atom. The van der Waals surface area contributed by atoms with Gasteiger partial charge in [0.2, 0.25) is 5.82 Å². The summed E-state index contributed by atoms with van der Waals surface area (Å²) in [7, 11) is 0. The molecule has 1 atom stereocenters. The van der Waals surface area contributed by atoms with Crippen LogP contribution in [0.5, 0.6) is 0 Å². The summed E-state index contributed by atoms with van der Waals surface area (Å²) in [4.78, 5) is 15.0. The summed E-state index contributed by atoms with van der Waals surface area (Å²) in [6.07, 6.45) is 1.87. The van der Waals surface area contributed by atoms with Gasteiger partial charge >= 0.3 is 5.69 Å². The van der Waals surface area contributed by atoms with Crippen LogP contribution in [-0.4, -0.2) is 22.5 Å². The highest BCUT2D eigenvalue weighted by Crippen LogP contribution is 2.26. The Balaban J connectivity index is 3.01. The van der Waals surface area contributed by atoms with Crippen LogP contribution in [-0.2, 0) is 0 Å². The Morgan fingerprint density at radius 1 is 1.35 bits per heavy atom. The van der Waals surface area contributed by atoms with E-state index >= 15 is 0 Å². The molecule has 0 saturated heterocycles. The zero-order chi connectivity index (χ0) is 15.1. The molecular formula is C14H24N4O2. The van der Waals surface area contributed by atoms with E-state index in [1.807, 2.05) is 0 Å². The average Bonchev–Trinajstić information content (AvgIpc) is 2.41. The molecule has 0 aromatic carbocycles. The summed E-state index contributed by atoms with van der Waals surface area (Å²) < 4.78 is 0. The van der Waals surface area contributed by atoms with E-state index in [-0.39, 0.29) is 11.7 Å². The van der Waals surface area contributed by atoms with E-state index in [0.29, 0.717) is 17.6 Å². The molecule has 1 heterocycles. The maximum Gasteiger partial charge on any atom is 0.311 e. The summed E-state index contributed by atoms with van der Waals surface area (Å²) in [5.74, 6) is 1.39. The third kappa shape index (κ3) is 4.36. The Hall–Kier alpha value is -1.85. The number of nitrogens with one attached hydrogen (secondary N) is 2. The van der Waals surface area contributed by atoms with Crippen molar-refractivity contribution in [1.82, 2.24) is 4.98 Å². The number of hydrogen-bond acceptors (Lipinski definition) is 5. The molecule has 0 aliphatic rings. The standard InChI is InChI=1S/C14H24N4O2/c1-5-9-15-13-8-7-12(18(19)20)14(17-13)16-11(6-2)10(3)4/h7-8,10-11H,5-6,9H2,1-4H3,(H2,15,16,17). The fraction of sp³-hybridized carbons (Fsp3) is 0.643. The minimum Gasteiger partial charge on any atom is -0.370 e. The van der Waals surface area contributed by atoms with Gasteiger partial charge in [-0.25, -0.2) is 4.98 Å². The molecule has 6 nitrogen and oxygen atoms in total. The van der Waals surface area contributed by atoms with E-state index in [9.17, 15) is 10.1 Å². The van der Waals surface area contributed by atoms with Crippen molar-refractivity contribution >= 4 is 17.3 Å². The van der Waals surface area contributed by atoms with Gasteiger partial charge in [0.25, 0.3) is 0 Å². The molecule has 0 saturated carbocycles. The van der Waals surface area contributed by atoms with Crippen LogP contribution >= 0.6 is 0 Å². The lowest BCUT2D eigenvalue weighted by Gasteiger charge is -2.21. The third-order valence-corrected chi connectivity index (χ3v) is 3.19. The molecule has 0 amide bonds. The zero-order valence-electron chi connectivity index (χ0n) is 12.6. The van der Waals surface area contributed by atoms with Gasteiger partial charge in [-0.2, -0.15) is 0 Å². The lowest BCUT2D eigenvalue weighted by molar-refractivity contribution is -0.384. The number of pyridine rings is 1. The second-order valence-electron chi connectivity index (χ2n) is 5.15. The Kier molecular flexibility index (Phi) is 6.21. The maximum atomic E-state index is 11.1. The van der Waals surface area contributed by atoms with Gasteiger partial charge in [0.15, 0.2) is 0 Å². The molecule has 0 bridgehead atoms. The number of aromatic nitrogens is 1. The van der Waals surface area contributed by atoms with Crippen LogP contribution in [0.1, 0.15) is 40.5 Å². The summed E-state index contributed by atoms with van der Waals surface area (Å²) in [5.41, 5.74) is 0.0196. The molecule has 0 aliphatic carbocycles. The SMILES string of the molecule is CCCNc1ccc([N+](=O)[O-])c(NC(CC)C(C)C)n1. The van der Waals surface area contributed by atoms with Gasteiger partial charge in [0.05, 0.1) is 4.92 Å². The van der Waals surface area contributed by atoms with Crippen molar-refractivity contribution in [1.29, 1.82) is 0 Å². The Bertz CT molecular complexity index is 449. The van der Waals surface area contributed by atoms with Gasteiger partial charge in [-0.15, -0.1) is 0 Å². The second-order valence-corrected chi connectivity index (χ2v) is 5.15. The predicted octanol–water partition coefficient (Wildman–Crippen LogP) is 3.66. The quantitative estimate of drug-likeness (QED) is 0.561. The van der Waals surface area contributed by atoms with E-state index in [4.69, 9.17) is 0 Å². The molecule has 1 aromatic rings. The first-order valence-electron chi connectivity index (χ1n) is 7.15. The van der Waals surface area contributed by atoms with Crippen molar-refractivity contribution in [2.75, 3.05) is 17.2 Å². The summed E-state index contributed by atoms with van der Waals surface area (Å²) in [5, 5.41) is 17.4.